The maximum Gasteiger partial charge on any atom is 0.326 e. The predicted octanol–water partition coefficient (Wildman–Crippen LogP) is 2.16. The number of imide groups is 1. The van der Waals surface area contributed by atoms with Crippen molar-refractivity contribution in [2.75, 3.05) is 18.5 Å². The average Bonchev–Trinajstić information content (AvgIpc) is 3.33. The van der Waals surface area contributed by atoms with Crippen LogP contribution in [0.3, 0.4) is 0 Å². The first-order valence-corrected chi connectivity index (χ1v) is 9.80. The monoisotopic (exact) mass is 404 g/mol. The lowest BCUT2D eigenvalue weighted by atomic mass is 9.81. The fraction of sp³-hybridized carbons (Fsp3) is 0.500. The molecule has 2 aliphatic carbocycles. The van der Waals surface area contributed by atoms with Gasteiger partial charge in [0.2, 0.25) is 11.8 Å². The number of fused-ring (bicyclic) bond motifs is 5. The highest BCUT2D eigenvalue weighted by atomic mass is 35.5. The van der Waals surface area contributed by atoms with Gasteiger partial charge in [0.1, 0.15) is 6.54 Å². The first kappa shape index (κ1) is 18.9. The second-order valence-corrected chi connectivity index (χ2v) is 8.25. The number of esters is 1. The van der Waals surface area contributed by atoms with Gasteiger partial charge in [0.25, 0.3) is 5.91 Å². The van der Waals surface area contributed by atoms with Gasteiger partial charge in [-0.1, -0.05) is 17.7 Å². The summed E-state index contributed by atoms with van der Waals surface area (Å²) in [5, 5.41) is 3.10. The Morgan fingerprint density at radius 1 is 1.18 bits per heavy atom. The van der Waals surface area contributed by atoms with Crippen LogP contribution in [0.5, 0.6) is 0 Å². The average molecular weight is 405 g/mol. The van der Waals surface area contributed by atoms with Crippen LogP contribution in [-0.4, -0.2) is 41.7 Å². The Morgan fingerprint density at radius 3 is 2.46 bits per heavy atom. The number of anilines is 1. The molecule has 1 saturated heterocycles. The molecule has 4 rings (SSSR count). The molecule has 148 valence electrons. The molecule has 1 N–H and O–H groups in total. The summed E-state index contributed by atoms with van der Waals surface area (Å²) in [5.74, 6) is -1.84. The van der Waals surface area contributed by atoms with E-state index in [1.807, 2.05) is 6.92 Å². The van der Waals surface area contributed by atoms with Gasteiger partial charge in [-0.2, -0.15) is 0 Å². The summed E-state index contributed by atoms with van der Waals surface area (Å²) >= 11 is 5.91. The van der Waals surface area contributed by atoms with E-state index in [0.29, 0.717) is 10.7 Å². The molecule has 7 nitrogen and oxygen atoms in total. The van der Waals surface area contributed by atoms with E-state index in [0.717, 1.165) is 29.7 Å². The number of likely N-dealkylation sites (tertiary alicyclic amines) is 1. The predicted molar refractivity (Wildman–Crippen MR) is 100 cm³/mol. The molecule has 2 saturated carbocycles. The zero-order valence-corrected chi connectivity index (χ0v) is 16.2. The van der Waals surface area contributed by atoms with Crippen molar-refractivity contribution < 1.29 is 23.9 Å². The minimum absolute atomic E-state index is 0.263. The van der Waals surface area contributed by atoms with E-state index < -0.39 is 25.0 Å². The number of ether oxygens (including phenoxy) is 1. The highest BCUT2D eigenvalue weighted by Gasteiger charge is 2.61. The normalized spacial score (nSPS) is 27.9. The standard InChI is InChI=1S/C20H21ClN2O5/c1-10-2-5-13(21)7-14(10)22-15(24)9-28-16(25)8-23-19(26)17-11-3-4-12(6-11)18(17)20(23)27/h2,5,7,11-12,17-18H,3-4,6,8-9H2,1H3,(H,22,24)/t11-,12-,17-,18+/m0/s1. The number of nitrogens with one attached hydrogen (secondary N) is 1. The molecule has 0 spiro atoms. The molecule has 1 aromatic rings. The molecular formula is C20H21ClN2O5. The second-order valence-electron chi connectivity index (χ2n) is 7.82. The number of amides is 3. The van der Waals surface area contributed by atoms with Gasteiger partial charge in [0, 0.05) is 10.7 Å². The Kier molecular flexibility index (Phi) is 4.87. The van der Waals surface area contributed by atoms with Gasteiger partial charge in [-0.05, 0) is 55.7 Å². The quantitative estimate of drug-likeness (QED) is 0.599. The molecule has 1 aliphatic heterocycles. The highest BCUT2D eigenvalue weighted by Crippen LogP contribution is 2.56. The number of carbonyl (C=O) groups excluding carboxylic acids is 4. The molecule has 8 heteroatoms. The number of hydrogen-bond donors (Lipinski definition) is 1. The van der Waals surface area contributed by atoms with Crippen LogP contribution in [0.1, 0.15) is 24.8 Å². The van der Waals surface area contributed by atoms with Crippen molar-refractivity contribution in [1.82, 2.24) is 4.90 Å². The van der Waals surface area contributed by atoms with Crippen LogP contribution in [0.4, 0.5) is 5.69 Å². The van der Waals surface area contributed by atoms with Gasteiger partial charge in [0.15, 0.2) is 6.61 Å². The molecule has 3 aliphatic rings. The minimum atomic E-state index is -0.771. The SMILES string of the molecule is Cc1ccc(Cl)cc1NC(=O)COC(=O)CN1C(=O)[C@@H]2[C@H]3CC[C@@H](C3)[C@@H]2C1=O. The van der Waals surface area contributed by atoms with Gasteiger partial charge in [-0.3, -0.25) is 24.1 Å². The van der Waals surface area contributed by atoms with Crippen molar-refractivity contribution >= 4 is 41.0 Å². The Balaban J connectivity index is 1.30. The van der Waals surface area contributed by atoms with E-state index in [4.69, 9.17) is 16.3 Å². The van der Waals surface area contributed by atoms with Crippen LogP contribution in [0.2, 0.25) is 5.02 Å². The molecule has 0 unspecified atom stereocenters. The summed E-state index contributed by atoms with van der Waals surface area (Å²) in [5.41, 5.74) is 1.35. The van der Waals surface area contributed by atoms with Gasteiger partial charge >= 0.3 is 5.97 Å². The number of benzene rings is 1. The lowest BCUT2D eigenvalue weighted by molar-refractivity contribution is -0.154. The fourth-order valence-corrected chi connectivity index (χ4v) is 5.03. The number of carbonyl (C=O) groups is 4. The largest absolute Gasteiger partial charge is 0.454 e. The van der Waals surface area contributed by atoms with Gasteiger partial charge in [-0.25, -0.2) is 0 Å². The second kappa shape index (κ2) is 7.20. The first-order chi connectivity index (χ1) is 13.3. The van der Waals surface area contributed by atoms with E-state index >= 15 is 0 Å². The zero-order valence-electron chi connectivity index (χ0n) is 15.4. The van der Waals surface area contributed by atoms with Crippen LogP contribution in [0.25, 0.3) is 0 Å². The van der Waals surface area contributed by atoms with Crippen molar-refractivity contribution in [3.8, 4) is 0 Å². The summed E-state index contributed by atoms with van der Waals surface area (Å²) in [6.07, 6.45) is 2.90. The fourth-order valence-electron chi connectivity index (χ4n) is 4.86. The Bertz CT molecular complexity index is 842. The van der Waals surface area contributed by atoms with Crippen LogP contribution in [0.15, 0.2) is 18.2 Å². The maximum atomic E-state index is 12.6. The Hall–Kier alpha value is -2.41. The maximum absolute atomic E-state index is 12.6. The van der Waals surface area contributed by atoms with Crippen molar-refractivity contribution in [1.29, 1.82) is 0 Å². The molecular weight excluding hydrogens is 384 g/mol. The molecule has 1 aromatic carbocycles. The van der Waals surface area contributed by atoms with Crippen molar-refractivity contribution in [2.24, 2.45) is 23.7 Å². The lowest BCUT2D eigenvalue weighted by Crippen LogP contribution is -2.38. The van der Waals surface area contributed by atoms with Crippen LogP contribution >= 0.6 is 11.6 Å². The number of nitrogens with zero attached hydrogens (tertiary/aromatic N) is 1. The number of aryl methyl sites for hydroxylation is 1. The summed E-state index contributed by atoms with van der Waals surface area (Å²) in [4.78, 5) is 50.3. The first-order valence-electron chi connectivity index (χ1n) is 9.42. The third kappa shape index (κ3) is 3.28. The summed E-state index contributed by atoms with van der Waals surface area (Å²) in [7, 11) is 0. The minimum Gasteiger partial charge on any atom is -0.454 e. The number of hydrogen-bond acceptors (Lipinski definition) is 5. The molecule has 4 atom stereocenters. The van der Waals surface area contributed by atoms with E-state index in [1.54, 1.807) is 18.2 Å². The molecule has 3 fully saturated rings. The van der Waals surface area contributed by atoms with Crippen molar-refractivity contribution in [3.63, 3.8) is 0 Å². The lowest BCUT2D eigenvalue weighted by Gasteiger charge is -2.19. The van der Waals surface area contributed by atoms with Crippen molar-refractivity contribution in [3.05, 3.63) is 28.8 Å². The molecule has 2 bridgehead atoms. The smallest absolute Gasteiger partial charge is 0.326 e. The van der Waals surface area contributed by atoms with Crippen LogP contribution in [-0.2, 0) is 23.9 Å². The zero-order chi connectivity index (χ0) is 20.0. The van der Waals surface area contributed by atoms with E-state index in [-0.39, 0.29) is 35.5 Å². The van der Waals surface area contributed by atoms with Crippen LogP contribution in [0, 0.1) is 30.6 Å². The van der Waals surface area contributed by atoms with E-state index in [2.05, 4.69) is 5.32 Å². The van der Waals surface area contributed by atoms with Crippen molar-refractivity contribution in [2.45, 2.75) is 26.2 Å². The Morgan fingerprint density at radius 2 is 1.82 bits per heavy atom. The van der Waals surface area contributed by atoms with E-state index in [1.165, 1.54) is 0 Å². The molecule has 28 heavy (non-hydrogen) atoms. The van der Waals surface area contributed by atoms with Crippen LogP contribution < -0.4 is 5.32 Å². The molecule has 0 aromatic heterocycles. The van der Waals surface area contributed by atoms with Gasteiger partial charge < -0.3 is 10.1 Å². The summed E-state index contributed by atoms with van der Waals surface area (Å²) in [6.45, 7) is 0.874. The molecule has 1 heterocycles. The third-order valence-electron chi connectivity index (χ3n) is 6.14. The topological polar surface area (TPSA) is 92.8 Å². The van der Waals surface area contributed by atoms with Gasteiger partial charge in [0.05, 0.1) is 11.8 Å². The Labute approximate surface area is 167 Å². The highest BCUT2D eigenvalue weighted by molar-refractivity contribution is 6.31. The van der Waals surface area contributed by atoms with Gasteiger partial charge in [-0.15, -0.1) is 0 Å². The summed E-state index contributed by atoms with van der Waals surface area (Å²) in [6, 6.07) is 5.07. The summed E-state index contributed by atoms with van der Waals surface area (Å²) < 4.78 is 4.97. The number of halogens is 1. The number of rotatable bonds is 5. The molecule has 3 amide bonds. The third-order valence-corrected chi connectivity index (χ3v) is 6.38. The molecule has 0 radical (unpaired) electrons. The van der Waals surface area contributed by atoms with E-state index in [9.17, 15) is 19.2 Å².